The Balaban J connectivity index is 0.00000243. The minimum absolute atomic E-state index is 0. The van der Waals surface area contributed by atoms with Crippen LogP contribution in [0.2, 0.25) is 0 Å². The number of hydrogen-bond acceptors (Lipinski definition) is 5. The molecule has 9 heteroatoms. The molecule has 0 saturated heterocycles. The summed E-state index contributed by atoms with van der Waals surface area (Å²) in [6.45, 7) is 3.46. The van der Waals surface area contributed by atoms with E-state index in [0.717, 1.165) is 25.0 Å². The number of aromatic nitrogens is 3. The van der Waals surface area contributed by atoms with Gasteiger partial charge in [-0.3, -0.25) is 19.1 Å². The molecule has 1 saturated carbocycles. The fraction of sp³-hybridized carbons (Fsp3) is 0.529. The minimum atomic E-state index is -0.569. The number of H-pyrrole nitrogens is 1. The first-order chi connectivity index (χ1) is 12.1. The van der Waals surface area contributed by atoms with E-state index < -0.39 is 11.2 Å². The number of hydrogen-bond donors (Lipinski definition) is 3. The summed E-state index contributed by atoms with van der Waals surface area (Å²) >= 11 is 0. The number of amides is 1. The maximum absolute atomic E-state index is 12.6. The standard InChI is InChI=1S/C17H23N5O3.ClH/c1-3-8-22-14-13(16(24)21-17(22)25)11(15(23)19-7-6-18-2)9-12(20-14)10-4-5-10;/h9-10,18H,3-8H2,1-2H3,(H,19,23)(H,21,24,25);1H. The normalized spacial score (nSPS) is 13.5. The van der Waals surface area contributed by atoms with Crippen LogP contribution < -0.4 is 21.9 Å². The van der Waals surface area contributed by atoms with Crippen LogP contribution in [0.15, 0.2) is 15.7 Å². The Hall–Kier alpha value is -2.19. The third-order valence-electron chi connectivity index (χ3n) is 4.32. The number of aromatic amines is 1. The minimum Gasteiger partial charge on any atom is -0.351 e. The van der Waals surface area contributed by atoms with Gasteiger partial charge >= 0.3 is 5.69 Å². The number of nitrogens with one attached hydrogen (secondary N) is 3. The van der Waals surface area contributed by atoms with E-state index in [-0.39, 0.29) is 29.3 Å². The van der Waals surface area contributed by atoms with Gasteiger partial charge in [-0.05, 0) is 32.4 Å². The first-order valence-electron chi connectivity index (χ1n) is 8.67. The van der Waals surface area contributed by atoms with Crippen LogP contribution in [-0.4, -0.2) is 40.6 Å². The van der Waals surface area contributed by atoms with Gasteiger partial charge in [0.05, 0.1) is 10.9 Å². The zero-order valence-electron chi connectivity index (χ0n) is 14.9. The smallest absolute Gasteiger partial charge is 0.329 e. The lowest BCUT2D eigenvalue weighted by Gasteiger charge is -2.13. The van der Waals surface area contributed by atoms with Crippen molar-refractivity contribution in [2.24, 2.45) is 0 Å². The van der Waals surface area contributed by atoms with E-state index >= 15 is 0 Å². The summed E-state index contributed by atoms with van der Waals surface area (Å²) in [5, 5.41) is 5.94. The van der Waals surface area contributed by atoms with Gasteiger partial charge in [-0.15, -0.1) is 12.4 Å². The fourth-order valence-electron chi connectivity index (χ4n) is 2.89. The topological polar surface area (TPSA) is 109 Å². The Labute approximate surface area is 156 Å². The summed E-state index contributed by atoms with van der Waals surface area (Å²) < 4.78 is 1.45. The van der Waals surface area contributed by atoms with Crippen molar-refractivity contribution < 1.29 is 4.79 Å². The van der Waals surface area contributed by atoms with Gasteiger partial charge in [-0.25, -0.2) is 9.78 Å². The molecule has 0 aliphatic heterocycles. The molecule has 0 radical (unpaired) electrons. The van der Waals surface area contributed by atoms with Gasteiger partial charge in [-0.1, -0.05) is 6.92 Å². The summed E-state index contributed by atoms with van der Waals surface area (Å²) in [6.07, 6.45) is 2.75. The Kier molecular flexibility index (Phi) is 6.55. The monoisotopic (exact) mass is 381 g/mol. The van der Waals surface area contributed by atoms with E-state index in [1.165, 1.54) is 4.57 Å². The summed E-state index contributed by atoms with van der Waals surface area (Å²) in [5.41, 5.74) is 0.316. The Morgan fingerprint density at radius 3 is 2.69 bits per heavy atom. The Morgan fingerprint density at radius 2 is 2.08 bits per heavy atom. The highest BCUT2D eigenvalue weighted by Gasteiger charge is 2.28. The van der Waals surface area contributed by atoms with E-state index in [1.807, 2.05) is 6.92 Å². The van der Waals surface area contributed by atoms with Gasteiger partial charge < -0.3 is 10.6 Å². The molecule has 0 atom stereocenters. The van der Waals surface area contributed by atoms with Gasteiger partial charge in [0, 0.05) is 31.2 Å². The maximum atomic E-state index is 12.6. The quantitative estimate of drug-likeness (QED) is 0.613. The number of likely N-dealkylation sites (N-methyl/N-ethyl adjacent to an activating group) is 1. The molecule has 1 aliphatic carbocycles. The molecule has 1 aliphatic rings. The van der Waals surface area contributed by atoms with Crippen LogP contribution in [0.5, 0.6) is 0 Å². The average Bonchev–Trinajstić information content (AvgIpc) is 3.42. The molecule has 3 rings (SSSR count). The van der Waals surface area contributed by atoms with Crippen molar-refractivity contribution in [3.63, 3.8) is 0 Å². The first kappa shape index (κ1) is 20.1. The van der Waals surface area contributed by atoms with Crippen LogP contribution in [0.1, 0.15) is 48.2 Å². The van der Waals surface area contributed by atoms with Crippen molar-refractivity contribution >= 4 is 29.3 Å². The van der Waals surface area contributed by atoms with Crippen molar-refractivity contribution in [1.82, 2.24) is 25.2 Å². The number of aryl methyl sites for hydroxylation is 1. The van der Waals surface area contributed by atoms with Gasteiger partial charge in [0.2, 0.25) is 0 Å². The number of fused-ring (bicyclic) bond motifs is 1. The van der Waals surface area contributed by atoms with E-state index in [9.17, 15) is 14.4 Å². The molecular formula is C17H24ClN5O3. The highest BCUT2D eigenvalue weighted by Crippen LogP contribution is 2.39. The molecule has 0 unspecified atom stereocenters. The predicted octanol–water partition coefficient (Wildman–Crippen LogP) is 0.743. The average molecular weight is 382 g/mol. The summed E-state index contributed by atoms with van der Waals surface area (Å²) in [5.74, 6) is -0.0190. The van der Waals surface area contributed by atoms with Crippen molar-refractivity contribution in [3.8, 4) is 0 Å². The van der Waals surface area contributed by atoms with Gasteiger partial charge in [0.25, 0.3) is 11.5 Å². The maximum Gasteiger partial charge on any atom is 0.329 e. The fourth-order valence-corrected chi connectivity index (χ4v) is 2.89. The van der Waals surface area contributed by atoms with Crippen LogP contribution in [-0.2, 0) is 6.54 Å². The van der Waals surface area contributed by atoms with Crippen molar-refractivity contribution in [2.45, 2.75) is 38.6 Å². The third-order valence-corrected chi connectivity index (χ3v) is 4.32. The molecule has 142 valence electrons. The number of carbonyl (C=O) groups is 1. The summed E-state index contributed by atoms with van der Waals surface area (Å²) in [7, 11) is 1.80. The molecule has 2 heterocycles. The number of nitrogens with zero attached hydrogens (tertiary/aromatic N) is 2. The molecule has 1 amide bonds. The second-order valence-electron chi connectivity index (χ2n) is 6.34. The van der Waals surface area contributed by atoms with Gasteiger partial charge in [0.15, 0.2) is 5.65 Å². The van der Waals surface area contributed by atoms with E-state index in [4.69, 9.17) is 0 Å². The summed E-state index contributed by atoms with van der Waals surface area (Å²) in [6, 6.07) is 1.70. The lowest BCUT2D eigenvalue weighted by molar-refractivity contribution is 0.0955. The van der Waals surface area contributed by atoms with Gasteiger partial charge in [-0.2, -0.15) is 0 Å². The number of carbonyl (C=O) groups excluding carboxylic acids is 1. The van der Waals surface area contributed by atoms with Crippen molar-refractivity contribution in [2.75, 3.05) is 20.1 Å². The van der Waals surface area contributed by atoms with Crippen LogP contribution >= 0.6 is 12.4 Å². The number of halogens is 1. The van der Waals surface area contributed by atoms with Crippen molar-refractivity contribution in [1.29, 1.82) is 0 Å². The van der Waals surface area contributed by atoms with Crippen LogP contribution in [0.25, 0.3) is 11.0 Å². The van der Waals surface area contributed by atoms with Crippen LogP contribution in [0.3, 0.4) is 0 Å². The molecule has 2 aromatic rings. The largest absolute Gasteiger partial charge is 0.351 e. The molecular weight excluding hydrogens is 358 g/mol. The zero-order chi connectivity index (χ0) is 18.0. The van der Waals surface area contributed by atoms with Gasteiger partial charge in [0.1, 0.15) is 0 Å². The number of pyridine rings is 1. The molecule has 26 heavy (non-hydrogen) atoms. The zero-order valence-corrected chi connectivity index (χ0v) is 15.7. The van der Waals surface area contributed by atoms with E-state index in [0.29, 0.717) is 31.2 Å². The number of rotatable bonds is 7. The second kappa shape index (κ2) is 8.46. The lowest BCUT2D eigenvalue weighted by Crippen LogP contribution is -2.35. The highest BCUT2D eigenvalue weighted by molar-refractivity contribution is 6.05. The first-order valence-corrected chi connectivity index (χ1v) is 8.67. The lowest BCUT2D eigenvalue weighted by atomic mass is 10.1. The SMILES string of the molecule is CCCn1c(=O)[nH]c(=O)c2c(C(=O)NCCNC)cc(C3CC3)nc21.Cl. The van der Waals surface area contributed by atoms with Crippen molar-refractivity contribution in [3.05, 3.63) is 38.2 Å². The molecule has 3 N–H and O–H groups in total. The predicted molar refractivity (Wildman–Crippen MR) is 102 cm³/mol. The molecule has 0 bridgehead atoms. The second-order valence-corrected chi connectivity index (χ2v) is 6.34. The summed E-state index contributed by atoms with van der Waals surface area (Å²) in [4.78, 5) is 44.1. The molecule has 0 aromatic carbocycles. The Bertz CT molecular complexity index is 917. The molecule has 8 nitrogen and oxygen atoms in total. The third kappa shape index (κ3) is 3.96. The highest BCUT2D eigenvalue weighted by atomic mass is 35.5. The van der Waals surface area contributed by atoms with Crippen LogP contribution in [0.4, 0.5) is 0 Å². The van der Waals surface area contributed by atoms with E-state index in [2.05, 4.69) is 20.6 Å². The molecule has 0 spiro atoms. The Morgan fingerprint density at radius 1 is 1.35 bits per heavy atom. The van der Waals surface area contributed by atoms with Crippen LogP contribution in [0, 0.1) is 0 Å². The molecule has 1 fully saturated rings. The van der Waals surface area contributed by atoms with E-state index in [1.54, 1.807) is 13.1 Å². The molecule has 2 aromatic heterocycles.